The number of aromatic nitrogens is 3. The van der Waals surface area contributed by atoms with Crippen LogP contribution in [0, 0.1) is 11.6 Å². The molecule has 1 N–H and O–H groups in total. The molecule has 2 aromatic carbocycles. The summed E-state index contributed by atoms with van der Waals surface area (Å²) < 4.78 is 26.5. The lowest BCUT2D eigenvalue weighted by Gasteiger charge is -2.03. The zero-order valence-electron chi connectivity index (χ0n) is 13.1. The lowest BCUT2D eigenvalue weighted by molar-refractivity contribution is 0.627. The summed E-state index contributed by atoms with van der Waals surface area (Å²) in [4.78, 5) is 12.2. The van der Waals surface area contributed by atoms with Crippen LogP contribution in [0.1, 0.15) is 0 Å². The van der Waals surface area contributed by atoms with E-state index in [1.54, 1.807) is 30.5 Å². The molecule has 2 aromatic heterocycles. The van der Waals surface area contributed by atoms with Crippen LogP contribution < -0.4 is 0 Å². The van der Waals surface area contributed by atoms with Crippen molar-refractivity contribution in [3.05, 3.63) is 84.6 Å². The van der Waals surface area contributed by atoms with Crippen LogP contribution in [-0.4, -0.2) is 15.0 Å². The fourth-order valence-electron chi connectivity index (χ4n) is 2.64. The largest absolute Gasteiger partial charge is 0.336 e. The lowest BCUT2D eigenvalue weighted by Crippen LogP contribution is -1.85. The van der Waals surface area contributed by atoms with Crippen LogP contribution in [0.5, 0.6) is 0 Å². The monoisotopic (exact) mass is 333 g/mol. The molecular weight excluding hydrogens is 320 g/mol. The summed E-state index contributed by atoms with van der Waals surface area (Å²) in [7, 11) is 0. The van der Waals surface area contributed by atoms with Crippen LogP contribution in [0.2, 0.25) is 0 Å². The first-order chi connectivity index (χ1) is 12.2. The predicted octanol–water partition coefficient (Wildman–Crippen LogP) is 5.08. The Morgan fingerprint density at radius 1 is 0.720 bits per heavy atom. The topological polar surface area (TPSA) is 41.6 Å². The Hall–Kier alpha value is -3.34. The average molecular weight is 333 g/mol. The van der Waals surface area contributed by atoms with Gasteiger partial charge < -0.3 is 4.98 Å². The van der Waals surface area contributed by atoms with Gasteiger partial charge in [0.1, 0.15) is 17.3 Å². The molecule has 0 aliphatic rings. The number of H-pyrrole nitrogens is 1. The lowest BCUT2D eigenvalue weighted by atomic mass is 10.1. The van der Waals surface area contributed by atoms with E-state index in [4.69, 9.17) is 0 Å². The highest BCUT2D eigenvalue weighted by Gasteiger charge is 2.16. The second-order valence-electron chi connectivity index (χ2n) is 5.54. The Kier molecular flexibility index (Phi) is 3.82. The molecule has 0 amide bonds. The fraction of sp³-hybridized carbons (Fsp3) is 0. The third kappa shape index (κ3) is 3.04. The predicted molar refractivity (Wildman–Crippen MR) is 92.6 cm³/mol. The van der Waals surface area contributed by atoms with Crippen LogP contribution >= 0.6 is 0 Å². The van der Waals surface area contributed by atoms with Gasteiger partial charge in [-0.2, -0.15) is 0 Å². The maximum Gasteiger partial charge on any atom is 0.157 e. The summed E-state index contributed by atoms with van der Waals surface area (Å²) in [6.07, 6.45) is 1.69. The fourth-order valence-corrected chi connectivity index (χ4v) is 2.64. The zero-order valence-corrected chi connectivity index (χ0v) is 13.1. The highest BCUT2D eigenvalue weighted by Crippen LogP contribution is 2.32. The van der Waals surface area contributed by atoms with Crippen molar-refractivity contribution < 1.29 is 8.78 Å². The molecule has 0 fully saturated rings. The molecule has 4 rings (SSSR count). The molecule has 3 nitrogen and oxygen atoms in total. The highest BCUT2D eigenvalue weighted by atomic mass is 19.1. The van der Waals surface area contributed by atoms with Crippen molar-refractivity contribution in [3.63, 3.8) is 0 Å². The van der Waals surface area contributed by atoms with Gasteiger partial charge in [0.2, 0.25) is 0 Å². The number of aromatic amines is 1. The molecule has 0 saturated carbocycles. The first-order valence-corrected chi connectivity index (χ1v) is 7.74. The van der Waals surface area contributed by atoms with E-state index >= 15 is 0 Å². The van der Waals surface area contributed by atoms with E-state index in [1.807, 2.05) is 18.2 Å². The van der Waals surface area contributed by atoms with E-state index in [2.05, 4.69) is 15.0 Å². The first kappa shape index (κ1) is 15.2. The second kappa shape index (κ2) is 6.28. The minimum atomic E-state index is -0.312. The van der Waals surface area contributed by atoms with Crippen molar-refractivity contribution >= 4 is 0 Å². The van der Waals surface area contributed by atoms with Crippen LogP contribution in [0.3, 0.4) is 0 Å². The van der Waals surface area contributed by atoms with Crippen LogP contribution in [0.4, 0.5) is 8.78 Å². The van der Waals surface area contributed by atoms with Crippen LogP contribution in [-0.2, 0) is 0 Å². The second-order valence-corrected chi connectivity index (χ2v) is 5.54. The maximum atomic E-state index is 13.3. The van der Waals surface area contributed by atoms with Crippen molar-refractivity contribution in [3.8, 4) is 34.0 Å². The number of hydrogen-bond acceptors (Lipinski definition) is 2. The Morgan fingerprint density at radius 3 is 1.96 bits per heavy atom. The number of halogens is 2. The average Bonchev–Trinajstić information content (AvgIpc) is 3.09. The minimum absolute atomic E-state index is 0.309. The summed E-state index contributed by atoms with van der Waals surface area (Å²) in [5.74, 6) is -0.0247. The van der Waals surface area contributed by atoms with Crippen molar-refractivity contribution in [1.29, 1.82) is 0 Å². The molecule has 0 spiro atoms. The molecule has 0 radical (unpaired) electrons. The van der Waals surface area contributed by atoms with E-state index in [-0.39, 0.29) is 11.6 Å². The summed E-state index contributed by atoms with van der Waals surface area (Å²) in [6.45, 7) is 0. The van der Waals surface area contributed by atoms with Gasteiger partial charge in [-0.3, -0.25) is 4.98 Å². The SMILES string of the molecule is Fc1ccc(-c2nc(-c3ccccn3)[nH]c2-c2ccc(F)cc2)cc1. The number of nitrogens with one attached hydrogen (secondary N) is 1. The first-order valence-electron chi connectivity index (χ1n) is 7.74. The van der Waals surface area contributed by atoms with Crippen molar-refractivity contribution in [2.75, 3.05) is 0 Å². The highest BCUT2D eigenvalue weighted by molar-refractivity contribution is 5.80. The minimum Gasteiger partial charge on any atom is -0.336 e. The number of imidazole rings is 1. The van der Waals surface area contributed by atoms with E-state index in [9.17, 15) is 8.78 Å². The standard InChI is InChI=1S/C20H13F2N3/c21-15-8-4-13(5-9-15)18-19(14-6-10-16(22)11-7-14)25-20(24-18)17-3-1-2-12-23-17/h1-12H,(H,24,25). The number of nitrogens with zero attached hydrogens (tertiary/aromatic N) is 2. The Labute approximate surface area is 143 Å². The molecular formula is C20H13F2N3. The van der Waals surface area contributed by atoms with Gasteiger partial charge in [-0.25, -0.2) is 13.8 Å². The molecule has 0 atom stereocenters. The van der Waals surface area contributed by atoms with Crippen LogP contribution in [0.15, 0.2) is 72.9 Å². The summed E-state index contributed by atoms with van der Waals surface area (Å²) >= 11 is 0. The third-order valence-corrected chi connectivity index (χ3v) is 3.86. The van der Waals surface area contributed by atoms with Gasteiger partial charge in [-0.15, -0.1) is 0 Å². The van der Waals surface area contributed by atoms with E-state index in [1.165, 1.54) is 24.3 Å². The normalized spacial score (nSPS) is 10.8. The summed E-state index contributed by atoms with van der Waals surface area (Å²) in [6, 6.07) is 17.8. The molecule has 0 bridgehead atoms. The molecule has 0 saturated heterocycles. The van der Waals surface area contributed by atoms with E-state index in [0.29, 0.717) is 17.2 Å². The molecule has 25 heavy (non-hydrogen) atoms. The van der Waals surface area contributed by atoms with Gasteiger partial charge in [-0.05, 0) is 60.7 Å². The zero-order chi connectivity index (χ0) is 17.2. The van der Waals surface area contributed by atoms with Gasteiger partial charge in [-0.1, -0.05) is 6.07 Å². The van der Waals surface area contributed by atoms with Crippen LogP contribution in [0.25, 0.3) is 34.0 Å². The summed E-state index contributed by atoms with van der Waals surface area (Å²) in [5, 5.41) is 0. The van der Waals surface area contributed by atoms with Gasteiger partial charge in [0, 0.05) is 17.3 Å². The van der Waals surface area contributed by atoms with Crippen molar-refractivity contribution in [2.24, 2.45) is 0 Å². The van der Waals surface area contributed by atoms with Gasteiger partial charge in [0.25, 0.3) is 0 Å². The third-order valence-electron chi connectivity index (χ3n) is 3.86. The smallest absolute Gasteiger partial charge is 0.157 e. The number of benzene rings is 2. The number of hydrogen-bond donors (Lipinski definition) is 1. The molecule has 0 aliphatic heterocycles. The Bertz CT molecular complexity index is 929. The molecule has 5 heteroatoms. The van der Waals surface area contributed by atoms with Gasteiger partial charge in [0.05, 0.1) is 11.4 Å². The quantitative estimate of drug-likeness (QED) is 0.568. The van der Waals surface area contributed by atoms with E-state index < -0.39 is 0 Å². The molecule has 0 aliphatic carbocycles. The van der Waals surface area contributed by atoms with Crippen molar-refractivity contribution in [2.45, 2.75) is 0 Å². The van der Waals surface area contributed by atoms with Crippen molar-refractivity contribution in [1.82, 2.24) is 15.0 Å². The molecule has 4 aromatic rings. The van der Waals surface area contributed by atoms with Gasteiger partial charge >= 0.3 is 0 Å². The maximum absolute atomic E-state index is 13.3. The number of rotatable bonds is 3. The molecule has 122 valence electrons. The molecule has 0 unspecified atom stereocenters. The summed E-state index contributed by atoms with van der Waals surface area (Å²) in [5.41, 5.74) is 3.63. The number of pyridine rings is 1. The Morgan fingerprint density at radius 2 is 1.36 bits per heavy atom. The van der Waals surface area contributed by atoms with Gasteiger partial charge in [0.15, 0.2) is 5.82 Å². The molecule has 2 heterocycles. The Balaban J connectivity index is 1.89. The van der Waals surface area contributed by atoms with E-state index in [0.717, 1.165) is 16.8 Å².